The second-order valence-corrected chi connectivity index (χ2v) is 5.24. The molecule has 0 aliphatic carbocycles. The first kappa shape index (κ1) is 15.7. The zero-order chi connectivity index (χ0) is 14.8. The summed E-state index contributed by atoms with van der Waals surface area (Å²) in [6, 6.07) is 19.2. The van der Waals surface area contributed by atoms with Crippen LogP contribution in [0.5, 0.6) is 0 Å². The average Bonchev–Trinajstić information content (AvgIpc) is 2.55. The summed E-state index contributed by atoms with van der Waals surface area (Å²) < 4.78 is 5.71. The van der Waals surface area contributed by atoms with Crippen molar-refractivity contribution in [3.8, 4) is 0 Å². The lowest BCUT2D eigenvalue weighted by Gasteiger charge is -2.07. The largest absolute Gasteiger partial charge is 0.377 e. The number of nitrogens with one attached hydrogen (secondary N) is 1. The fourth-order valence-electron chi connectivity index (χ4n) is 2.19. The quantitative estimate of drug-likeness (QED) is 0.704. The van der Waals surface area contributed by atoms with Gasteiger partial charge in [-0.1, -0.05) is 61.5 Å². The van der Waals surface area contributed by atoms with E-state index in [1.807, 2.05) is 6.07 Å². The maximum atomic E-state index is 5.71. The SMILES string of the molecule is CCc1ccc(COCCCNCc2ccccc2)cc1. The standard InChI is InChI=1S/C19H25NO/c1-2-17-9-11-19(12-10-17)16-21-14-6-13-20-15-18-7-4-3-5-8-18/h3-5,7-12,20H,2,6,13-16H2,1H3. The van der Waals surface area contributed by atoms with Gasteiger partial charge in [0.2, 0.25) is 0 Å². The van der Waals surface area contributed by atoms with E-state index in [1.165, 1.54) is 16.7 Å². The highest BCUT2D eigenvalue weighted by molar-refractivity contribution is 5.21. The zero-order valence-electron chi connectivity index (χ0n) is 12.8. The van der Waals surface area contributed by atoms with Gasteiger partial charge in [-0.25, -0.2) is 0 Å². The normalized spacial score (nSPS) is 10.7. The summed E-state index contributed by atoms with van der Waals surface area (Å²) in [7, 11) is 0. The van der Waals surface area contributed by atoms with Crippen molar-refractivity contribution in [3.05, 3.63) is 71.3 Å². The molecule has 0 aromatic heterocycles. The van der Waals surface area contributed by atoms with E-state index in [1.54, 1.807) is 0 Å². The Morgan fingerprint density at radius 3 is 2.29 bits per heavy atom. The van der Waals surface area contributed by atoms with Crippen LogP contribution in [0.3, 0.4) is 0 Å². The Kier molecular flexibility index (Phi) is 6.99. The van der Waals surface area contributed by atoms with Crippen LogP contribution in [0.2, 0.25) is 0 Å². The number of hydrogen-bond donors (Lipinski definition) is 1. The van der Waals surface area contributed by atoms with Crippen molar-refractivity contribution in [1.29, 1.82) is 0 Å². The minimum Gasteiger partial charge on any atom is -0.377 e. The van der Waals surface area contributed by atoms with Gasteiger partial charge in [0.15, 0.2) is 0 Å². The van der Waals surface area contributed by atoms with Crippen LogP contribution in [-0.2, 0) is 24.3 Å². The molecule has 112 valence electrons. The van der Waals surface area contributed by atoms with Crippen LogP contribution >= 0.6 is 0 Å². The fourth-order valence-corrected chi connectivity index (χ4v) is 2.19. The Labute approximate surface area is 128 Å². The van der Waals surface area contributed by atoms with Gasteiger partial charge in [-0.2, -0.15) is 0 Å². The third-order valence-electron chi connectivity index (χ3n) is 3.51. The van der Waals surface area contributed by atoms with E-state index in [0.717, 1.165) is 32.5 Å². The maximum absolute atomic E-state index is 5.71. The summed E-state index contributed by atoms with van der Waals surface area (Å²) in [4.78, 5) is 0. The highest BCUT2D eigenvalue weighted by Crippen LogP contribution is 2.06. The van der Waals surface area contributed by atoms with E-state index in [9.17, 15) is 0 Å². The van der Waals surface area contributed by atoms with Crippen molar-refractivity contribution < 1.29 is 4.74 Å². The summed E-state index contributed by atoms with van der Waals surface area (Å²) >= 11 is 0. The van der Waals surface area contributed by atoms with E-state index in [-0.39, 0.29) is 0 Å². The molecule has 0 bridgehead atoms. The van der Waals surface area contributed by atoms with Crippen LogP contribution in [0.4, 0.5) is 0 Å². The molecule has 0 aliphatic rings. The molecule has 0 saturated carbocycles. The van der Waals surface area contributed by atoms with Crippen molar-refractivity contribution in [2.45, 2.75) is 32.9 Å². The summed E-state index contributed by atoms with van der Waals surface area (Å²) in [6.45, 7) is 5.61. The molecule has 2 aromatic carbocycles. The molecule has 0 amide bonds. The smallest absolute Gasteiger partial charge is 0.0716 e. The molecule has 0 heterocycles. The average molecular weight is 283 g/mol. The summed E-state index contributed by atoms with van der Waals surface area (Å²) in [6.07, 6.45) is 2.13. The minimum atomic E-state index is 0.711. The van der Waals surface area contributed by atoms with E-state index >= 15 is 0 Å². The van der Waals surface area contributed by atoms with E-state index < -0.39 is 0 Å². The van der Waals surface area contributed by atoms with Crippen molar-refractivity contribution in [2.24, 2.45) is 0 Å². The lowest BCUT2D eigenvalue weighted by atomic mass is 10.1. The molecular weight excluding hydrogens is 258 g/mol. The second kappa shape index (κ2) is 9.32. The van der Waals surface area contributed by atoms with Crippen LogP contribution in [0, 0.1) is 0 Å². The molecule has 1 N–H and O–H groups in total. The summed E-state index contributed by atoms with van der Waals surface area (Å²) in [5.74, 6) is 0. The van der Waals surface area contributed by atoms with Gasteiger partial charge in [0.05, 0.1) is 6.61 Å². The summed E-state index contributed by atoms with van der Waals surface area (Å²) in [5.41, 5.74) is 3.96. The van der Waals surface area contributed by atoms with E-state index in [0.29, 0.717) is 6.61 Å². The van der Waals surface area contributed by atoms with Gasteiger partial charge in [-0.05, 0) is 36.1 Å². The molecule has 2 aromatic rings. The van der Waals surface area contributed by atoms with Crippen LogP contribution in [0.25, 0.3) is 0 Å². The third kappa shape index (κ3) is 6.11. The number of ether oxygens (including phenoxy) is 1. The molecule has 0 spiro atoms. The Morgan fingerprint density at radius 2 is 1.57 bits per heavy atom. The van der Waals surface area contributed by atoms with Crippen molar-refractivity contribution in [1.82, 2.24) is 5.32 Å². The van der Waals surface area contributed by atoms with Gasteiger partial charge < -0.3 is 10.1 Å². The summed E-state index contributed by atoms with van der Waals surface area (Å²) in [5, 5.41) is 3.44. The molecule has 0 atom stereocenters. The topological polar surface area (TPSA) is 21.3 Å². The van der Waals surface area contributed by atoms with Gasteiger partial charge in [0, 0.05) is 13.2 Å². The van der Waals surface area contributed by atoms with E-state index in [4.69, 9.17) is 4.74 Å². The van der Waals surface area contributed by atoms with Gasteiger partial charge in [-0.15, -0.1) is 0 Å². The number of hydrogen-bond acceptors (Lipinski definition) is 2. The van der Waals surface area contributed by atoms with Gasteiger partial charge in [-0.3, -0.25) is 0 Å². The first-order valence-corrected chi connectivity index (χ1v) is 7.78. The lowest BCUT2D eigenvalue weighted by Crippen LogP contribution is -2.16. The second-order valence-electron chi connectivity index (χ2n) is 5.24. The molecule has 0 saturated heterocycles. The molecule has 0 fully saturated rings. The molecule has 2 rings (SSSR count). The number of aryl methyl sites for hydroxylation is 1. The molecule has 2 nitrogen and oxygen atoms in total. The van der Waals surface area contributed by atoms with Gasteiger partial charge in [0.25, 0.3) is 0 Å². The number of rotatable bonds is 9. The van der Waals surface area contributed by atoms with Gasteiger partial charge >= 0.3 is 0 Å². The molecule has 0 unspecified atom stereocenters. The van der Waals surface area contributed by atoms with E-state index in [2.05, 4.69) is 60.8 Å². The Morgan fingerprint density at radius 1 is 0.857 bits per heavy atom. The highest BCUT2D eigenvalue weighted by Gasteiger charge is 1.95. The third-order valence-corrected chi connectivity index (χ3v) is 3.51. The minimum absolute atomic E-state index is 0.711. The Bertz CT molecular complexity index is 493. The zero-order valence-corrected chi connectivity index (χ0v) is 12.8. The highest BCUT2D eigenvalue weighted by atomic mass is 16.5. The molecule has 2 heteroatoms. The van der Waals surface area contributed by atoms with Crippen LogP contribution < -0.4 is 5.32 Å². The van der Waals surface area contributed by atoms with Crippen LogP contribution in [0.15, 0.2) is 54.6 Å². The lowest BCUT2D eigenvalue weighted by molar-refractivity contribution is 0.118. The first-order chi connectivity index (χ1) is 10.4. The number of benzene rings is 2. The molecule has 21 heavy (non-hydrogen) atoms. The van der Waals surface area contributed by atoms with Gasteiger partial charge in [0.1, 0.15) is 0 Å². The molecule has 0 aliphatic heterocycles. The monoisotopic (exact) mass is 283 g/mol. The maximum Gasteiger partial charge on any atom is 0.0716 e. The van der Waals surface area contributed by atoms with Crippen molar-refractivity contribution >= 4 is 0 Å². The Hall–Kier alpha value is -1.64. The van der Waals surface area contributed by atoms with Crippen LogP contribution in [0.1, 0.15) is 30.0 Å². The molecule has 0 radical (unpaired) electrons. The molecular formula is C19H25NO. The van der Waals surface area contributed by atoms with Crippen molar-refractivity contribution in [3.63, 3.8) is 0 Å². The fraction of sp³-hybridized carbons (Fsp3) is 0.368. The van der Waals surface area contributed by atoms with Crippen LogP contribution in [-0.4, -0.2) is 13.2 Å². The Balaban J connectivity index is 1.51. The predicted molar refractivity (Wildman–Crippen MR) is 88.2 cm³/mol. The predicted octanol–water partition coefficient (Wildman–Crippen LogP) is 3.95. The van der Waals surface area contributed by atoms with Crippen molar-refractivity contribution in [2.75, 3.05) is 13.2 Å². The first-order valence-electron chi connectivity index (χ1n) is 7.78.